The average Bonchev–Trinajstić information content (AvgIpc) is 2.59. The lowest BCUT2D eigenvalue weighted by atomic mass is 9.97. The van der Waals surface area contributed by atoms with E-state index in [-0.39, 0.29) is 5.97 Å². The quantitative estimate of drug-likeness (QED) is 0.295. The van der Waals surface area contributed by atoms with Gasteiger partial charge < -0.3 is 20.1 Å². The first-order valence-corrected chi connectivity index (χ1v) is 9.63. The van der Waals surface area contributed by atoms with E-state index in [9.17, 15) is 20.1 Å². The minimum atomic E-state index is -1.05. The number of methoxy groups -OCH3 is 1. The van der Waals surface area contributed by atoms with Crippen LogP contribution in [0.3, 0.4) is 0 Å². The Balaban J connectivity index is 3.60. The number of unbranched alkanes of at least 4 members (excludes halogenated alkanes) is 8. The van der Waals surface area contributed by atoms with Gasteiger partial charge in [0.15, 0.2) is 0 Å². The van der Waals surface area contributed by atoms with Crippen molar-refractivity contribution >= 4 is 5.97 Å². The van der Waals surface area contributed by atoms with Crippen molar-refractivity contribution in [3.05, 3.63) is 0 Å². The molecular formula is C19H38O5. The van der Waals surface area contributed by atoms with Crippen molar-refractivity contribution in [1.82, 2.24) is 0 Å². The second kappa shape index (κ2) is 15.9. The third kappa shape index (κ3) is 12.7. The summed E-state index contributed by atoms with van der Waals surface area (Å²) in [5, 5.41) is 29.9. The van der Waals surface area contributed by atoms with Gasteiger partial charge in [-0.1, -0.05) is 64.7 Å². The van der Waals surface area contributed by atoms with E-state index in [0.717, 1.165) is 51.4 Å². The third-order valence-corrected chi connectivity index (χ3v) is 4.50. The van der Waals surface area contributed by atoms with Crippen molar-refractivity contribution < 1.29 is 24.9 Å². The van der Waals surface area contributed by atoms with Crippen molar-refractivity contribution in [2.45, 2.75) is 109 Å². The van der Waals surface area contributed by atoms with E-state index in [1.165, 1.54) is 20.0 Å². The SMILES string of the molecule is CCCCCCC[C@H](O)[C@@H](O)[C@@H](O)CCCCCCCC(=O)OC. The van der Waals surface area contributed by atoms with Crippen LogP contribution in [0, 0.1) is 0 Å². The number of hydrogen-bond donors (Lipinski definition) is 3. The van der Waals surface area contributed by atoms with Crippen molar-refractivity contribution in [3.63, 3.8) is 0 Å². The molecule has 5 nitrogen and oxygen atoms in total. The summed E-state index contributed by atoms with van der Waals surface area (Å²) in [4.78, 5) is 10.9. The predicted molar refractivity (Wildman–Crippen MR) is 95.7 cm³/mol. The largest absolute Gasteiger partial charge is 0.469 e. The van der Waals surface area contributed by atoms with E-state index in [1.807, 2.05) is 0 Å². The molecule has 3 atom stereocenters. The number of carbonyl (C=O) groups excluding carboxylic acids is 1. The first-order valence-electron chi connectivity index (χ1n) is 9.63. The second-order valence-electron chi connectivity index (χ2n) is 6.71. The molecule has 0 aromatic rings. The lowest BCUT2D eigenvalue weighted by molar-refractivity contribution is -0.140. The van der Waals surface area contributed by atoms with Gasteiger partial charge in [0, 0.05) is 6.42 Å². The fraction of sp³-hybridized carbons (Fsp3) is 0.947. The van der Waals surface area contributed by atoms with E-state index in [4.69, 9.17) is 0 Å². The summed E-state index contributed by atoms with van der Waals surface area (Å²) < 4.78 is 4.58. The molecule has 0 heterocycles. The zero-order valence-corrected chi connectivity index (χ0v) is 15.6. The molecule has 0 saturated heterocycles. The summed E-state index contributed by atoms with van der Waals surface area (Å²) in [6, 6.07) is 0. The molecule has 0 unspecified atom stereocenters. The Morgan fingerprint density at radius 3 is 1.75 bits per heavy atom. The first-order chi connectivity index (χ1) is 11.5. The highest BCUT2D eigenvalue weighted by molar-refractivity contribution is 5.68. The molecular weight excluding hydrogens is 308 g/mol. The normalized spacial score (nSPS) is 15.0. The number of aliphatic hydroxyl groups excluding tert-OH is 3. The first kappa shape index (κ1) is 23.4. The minimum absolute atomic E-state index is 0.169. The van der Waals surface area contributed by atoms with E-state index in [0.29, 0.717) is 19.3 Å². The lowest BCUT2D eigenvalue weighted by Crippen LogP contribution is -2.37. The molecule has 0 aliphatic rings. The molecule has 0 bridgehead atoms. The van der Waals surface area contributed by atoms with Crippen LogP contribution in [0.1, 0.15) is 90.4 Å². The van der Waals surface area contributed by atoms with E-state index in [1.54, 1.807) is 0 Å². The molecule has 24 heavy (non-hydrogen) atoms. The van der Waals surface area contributed by atoms with E-state index >= 15 is 0 Å². The van der Waals surface area contributed by atoms with Gasteiger partial charge in [0.05, 0.1) is 19.3 Å². The van der Waals surface area contributed by atoms with Gasteiger partial charge in [-0.2, -0.15) is 0 Å². The average molecular weight is 347 g/mol. The molecule has 0 spiro atoms. The summed E-state index contributed by atoms with van der Waals surface area (Å²) >= 11 is 0. The Morgan fingerprint density at radius 2 is 1.25 bits per heavy atom. The standard InChI is InChI=1S/C19H38O5/c1-3-4-5-7-10-13-16(20)19(23)17(21)14-11-8-6-9-12-15-18(22)24-2/h16-17,19-21,23H,3-15H2,1-2H3/t16-,17-,19+/m0/s1. The second-order valence-corrected chi connectivity index (χ2v) is 6.71. The van der Waals surface area contributed by atoms with Gasteiger partial charge >= 0.3 is 5.97 Å². The van der Waals surface area contributed by atoms with Crippen molar-refractivity contribution in [3.8, 4) is 0 Å². The van der Waals surface area contributed by atoms with E-state index in [2.05, 4.69) is 11.7 Å². The summed E-state index contributed by atoms with van der Waals surface area (Å²) in [5.74, 6) is -0.169. The molecule has 3 N–H and O–H groups in total. The maximum absolute atomic E-state index is 10.9. The molecule has 0 amide bonds. The molecule has 0 aliphatic carbocycles. The number of esters is 1. The van der Waals surface area contributed by atoms with Crippen LogP contribution in [0.25, 0.3) is 0 Å². The third-order valence-electron chi connectivity index (χ3n) is 4.50. The van der Waals surface area contributed by atoms with Crippen LogP contribution >= 0.6 is 0 Å². The number of hydrogen-bond acceptors (Lipinski definition) is 5. The topological polar surface area (TPSA) is 87.0 Å². The Kier molecular flexibility index (Phi) is 15.4. The van der Waals surface area contributed by atoms with Gasteiger partial charge in [-0.05, 0) is 19.3 Å². The Bertz CT molecular complexity index is 295. The smallest absolute Gasteiger partial charge is 0.305 e. The van der Waals surface area contributed by atoms with Crippen LogP contribution in [0.2, 0.25) is 0 Å². The van der Waals surface area contributed by atoms with Crippen LogP contribution < -0.4 is 0 Å². The van der Waals surface area contributed by atoms with Gasteiger partial charge in [0.1, 0.15) is 6.10 Å². The van der Waals surface area contributed by atoms with Crippen molar-refractivity contribution in [2.24, 2.45) is 0 Å². The molecule has 0 rings (SSSR count). The van der Waals surface area contributed by atoms with Crippen LogP contribution in [0.4, 0.5) is 0 Å². The van der Waals surface area contributed by atoms with Crippen molar-refractivity contribution in [2.75, 3.05) is 7.11 Å². The molecule has 0 aromatic carbocycles. The molecule has 5 heteroatoms. The Labute approximate surface area is 147 Å². The van der Waals surface area contributed by atoms with Crippen LogP contribution in [0.15, 0.2) is 0 Å². The highest BCUT2D eigenvalue weighted by Crippen LogP contribution is 2.15. The van der Waals surface area contributed by atoms with Crippen LogP contribution in [-0.2, 0) is 9.53 Å². The summed E-state index contributed by atoms with van der Waals surface area (Å²) in [5.41, 5.74) is 0. The predicted octanol–water partition coefficient (Wildman–Crippen LogP) is 3.33. The summed E-state index contributed by atoms with van der Waals surface area (Å²) in [6.45, 7) is 2.16. The van der Waals surface area contributed by atoms with Gasteiger partial charge in [-0.3, -0.25) is 4.79 Å². The van der Waals surface area contributed by atoms with Crippen LogP contribution in [-0.4, -0.2) is 46.7 Å². The van der Waals surface area contributed by atoms with Crippen molar-refractivity contribution in [1.29, 1.82) is 0 Å². The molecule has 0 radical (unpaired) electrons. The Morgan fingerprint density at radius 1 is 0.792 bits per heavy atom. The van der Waals surface area contributed by atoms with Gasteiger partial charge in [0.2, 0.25) is 0 Å². The molecule has 0 aliphatic heterocycles. The zero-order valence-electron chi connectivity index (χ0n) is 15.6. The Hall–Kier alpha value is -0.650. The van der Waals surface area contributed by atoms with Gasteiger partial charge in [-0.15, -0.1) is 0 Å². The van der Waals surface area contributed by atoms with E-state index < -0.39 is 18.3 Å². The lowest BCUT2D eigenvalue weighted by Gasteiger charge is -2.23. The highest BCUT2D eigenvalue weighted by Gasteiger charge is 2.23. The fourth-order valence-corrected chi connectivity index (χ4v) is 2.81. The number of rotatable bonds is 16. The molecule has 0 aromatic heterocycles. The maximum atomic E-state index is 10.9. The maximum Gasteiger partial charge on any atom is 0.305 e. The monoisotopic (exact) mass is 346 g/mol. The van der Waals surface area contributed by atoms with Crippen LogP contribution in [0.5, 0.6) is 0 Å². The highest BCUT2D eigenvalue weighted by atomic mass is 16.5. The summed E-state index contributed by atoms with van der Waals surface area (Å²) in [6.07, 6.45) is 8.88. The zero-order chi connectivity index (χ0) is 18.2. The fourth-order valence-electron chi connectivity index (χ4n) is 2.81. The molecule has 144 valence electrons. The summed E-state index contributed by atoms with van der Waals surface area (Å²) in [7, 11) is 1.40. The van der Waals surface area contributed by atoms with Gasteiger partial charge in [-0.25, -0.2) is 0 Å². The molecule has 0 fully saturated rings. The molecule has 0 saturated carbocycles. The van der Waals surface area contributed by atoms with Gasteiger partial charge in [0.25, 0.3) is 0 Å². The number of ether oxygens (including phenoxy) is 1. The number of aliphatic hydroxyl groups is 3. The minimum Gasteiger partial charge on any atom is -0.469 e. The number of carbonyl (C=O) groups is 1.